The van der Waals surface area contributed by atoms with Crippen molar-refractivity contribution in [3.63, 3.8) is 0 Å². The Morgan fingerprint density at radius 2 is 1.68 bits per heavy atom. The maximum absolute atomic E-state index is 12.8. The molecule has 2 unspecified atom stereocenters. The minimum absolute atomic E-state index is 0.00910. The van der Waals surface area contributed by atoms with Crippen molar-refractivity contribution in [3.05, 3.63) is 83.4 Å². The van der Waals surface area contributed by atoms with Gasteiger partial charge in [0.1, 0.15) is 23.9 Å². The van der Waals surface area contributed by atoms with Crippen LogP contribution < -0.4 is 9.64 Å². The van der Waals surface area contributed by atoms with E-state index in [0.717, 1.165) is 61.6 Å². The molecule has 0 amide bonds. The zero-order chi connectivity index (χ0) is 23.5. The van der Waals surface area contributed by atoms with Crippen LogP contribution >= 0.6 is 0 Å². The number of rotatable bonds is 7. The Hall–Kier alpha value is -3.25. The molecule has 6 heteroatoms. The van der Waals surface area contributed by atoms with Crippen LogP contribution in [0.2, 0.25) is 0 Å². The molecule has 5 nitrogen and oxygen atoms in total. The molecule has 5 rings (SSSR count). The van der Waals surface area contributed by atoms with Crippen molar-refractivity contribution in [3.8, 4) is 17.2 Å². The average molecular weight is 463 g/mol. The predicted molar refractivity (Wildman–Crippen MR) is 132 cm³/mol. The Morgan fingerprint density at radius 3 is 2.41 bits per heavy atom. The molecule has 3 aromatic carbocycles. The number of hydrogen-bond donors (Lipinski definition) is 2. The van der Waals surface area contributed by atoms with E-state index in [2.05, 4.69) is 21.9 Å². The Balaban J connectivity index is 1.33. The first-order valence-electron chi connectivity index (χ1n) is 12.0. The lowest BCUT2D eigenvalue weighted by Gasteiger charge is -2.39. The molecule has 1 saturated heterocycles. The topological polar surface area (TPSA) is 56.2 Å². The lowest BCUT2D eigenvalue weighted by atomic mass is 9.87. The third-order valence-electron chi connectivity index (χ3n) is 7.00. The van der Waals surface area contributed by atoms with E-state index < -0.39 is 0 Å². The number of halogens is 1. The monoisotopic (exact) mass is 462 g/mol. The van der Waals surface area contributed by atoms with Gasteiger partial charge in [-0.25, -0.2) is 0 Å². The van der Waals surface area contributed by atoms with Crippen molar-refractivity contribution in [2.24, 2.45) is 5.92 Å². The van der Waals surface area contributed by atoms with Crippen molar-refractivity contribution >= 4 is 5.69 Å². The second-order valence-electron chi connectivity index (χ2n) is 9.27. The van der Waals surface area contributed by atoms with E-state index >= 15 is 0 Å². The van der Waals surface area contributed by atoms with E-state index in [0.29, 0.717) is 6.61 Å². The van der Waals surface area contributed by atoms with Gasteiger partial charge in [0.2, 0.25) is 0 Å². The van der Waals surface area contributed by atoms with Crippen LogP contribution in [0.4, 0.5) is 10.1 Å². The number of hydrogen-bond acceptors (Lipinski definition) is 5. The number of ether oxygens (including phenoxy) is 1. The molecule has 0 saturated carbocycles. The number of benzene rings is 3. The molecule has 2 aliphatic heterocycles. The van der Waals surface area contributed by atoms with Gasteiger partial charge in [-0.3, -0.25) is 9.29 Å². The second kappa shape index (κ2) is 9.94. The maximum atomic E-state index is 12.8. The number of alkyl halides is 1. The Labute approximate surface area is 200 Å². The maximum Gasteiger partial charge on any atom is 0.119 e. The first kappa shape index (κ1) is 22.5. The van der Waals surface area contributed by atoms with E-state index in [-0.39, 0.29) is 30.1 Å². The van der Waals surface area contributed by atoms with Gasteiger partial charge in [-0.05, 0) is 84.6 Å². The van der Waals surface area contributed by atoms with Crippen LogP contribution in [0.25, 0.3) is 0 Å². The summed E-state index contributed by atoms with van der Waals surface area (Å²) in [7, 11) is 0. The predicted octanol–water partition coefficient (Wildman–Crippen LogP) is 4.92. The van der Waals surface area contributed by atoms with Gasteiger partial charge >= 0.3 is 0 Å². The lowest BCUT2D eigenvalue weighted by molar-refractivity contribution is 0.228. The third-order valence-corrected chi connectivity index (χ3v) is 7.00. The van der Waals surface area contributed by atoms with Crippen molar-refractivity contribution in [1.82, 2.24) is 4.90 Å². The van der Waals surface area contributed by atoms with Crippen molar-refractivity contribution < 1.29 is 19.3 Å². The summed E-state index contributed by atoms with van der Waals surface area (Å²) in [6.45, 7) is 3.74. The lowest BCUT2D eigenvalue weighted by Crippen LogP contribution is -2.36. The summed E-state index contributed by atoms with van der Waals surface area (Å²) >= 11 is 0. The molecule has 0 spiro atoms. The van der Waals surface area contributed by atoms with Crippen LogP contribution in [-0.4, -0.2) is 54.6 Å². The quantitative estimate of drug-likeness (QED) is 0.522. The van der Waals surface area contributed by atoms with Gasteiger partial charge in [-0.15, -0.1) is 0 Å². The molecule has 178 valence electrons. The second-order valence-corrected chi connectivity index (χ2v) is 9.27. The molecular weight excluding hydrogens is 431 g/mol. The van der Waals surface area contributed by atoms with E-state index in [1.165, 1.54) is 5.56 Å². The zero-order valence-corrected chi connectivity index (χ0v) is 19.2. The van der Waals surface area contributed by atoms with E-state index in [1.807, 2.05) is 36.4 Å². The highest BCUT2D eigenvalue weighted by Crippen LogP contribution is 2.40. The number of phenols is 2. The largest absolute Gasteiger partial charge is 0.508 e. The number of aromatic hydroxyl groups is 2. The Kier molecular flexibility index (Phi) is 6.59. The van der Waals surface area contributed by atoms with Crippen LogP contribution in [0, 0.1) is 5.92 Å². The molecule has 2 heterocycles. The first-order chi connectivity index (χ1) is 16.6. The van der Waals surface area contributed by atoms with E-state index in [9.17, 15) is 14.6 Å². The van der Waals surface area contributed by atoms with Gasteiger partial charge in [-0.2, -0.15) is 0 Å². The molecule has 0 aliphatic carbocycles. The summed E-state index contributed by atoms with van der Waals surface area (Å²) in [6, 6.07) is 21.1. The minimum Gasteiger partial charge on any atom is -0.508 e. The molecule has 2 atom stereocenters. The smallest absolute Gasteiger partial charge is 0.119 e. The van der Waals surface area contributed by atoms with Crippen molar-refractivity contribution in [2.75, 3.05) is 44.4 Å². The summed E-state index contributed by atoms with van der Waals surface area (Å²) in [5.41, 5.74) is 4.50. The summed E-state index contributed by atoms with van der Waals surface area (Å²) in [5, 5.41) is 19.7. The summed E-state index contributed by atoms with van der Waals surface area (Å²) < 4.78 is 18.8. The van der Waals surface area contributed by atoms with Gasteiger partial charge in [-0.1, -0.05) is 18.2 Å². The summed E-state index contributed by atoms with van der Waals surface area (Å²) in [4.78, 5) is 4.60. The molecule has 3 aromatic rings. The van der Waals surface area contributed by atoms with Crippen molar-refractivity contribution in [1.29, 1.82) is 0 Å². The van der Waals surface area contributed by atoms with Crippen LogP contribution in [0.1, 0.15) is 29.2 Å². The number of nitrogens with zero attached hydrogens (tertiary/aromatic N) is 2. The summed E-state index contributed by atoms with van der Waals surface area (Å²) in [5.74, 6) is 1.53. The molecule has 34 heavy (non-hydrogen) atoms. The Morgan fingerprint density at radius 1 is 0.912 bits per heavy atom. The highest BCUT2D eigenvalue weighted by Gasteiger charge is 2.29. The van der Waals surface area contributed by atoms with Gasteiger partial charge in [0, 0.05) is 31.2 Å². The molecule has 2 aliphatic rings. The fraction of sp³-hybridized carbons (Fsp3) is 0.357. The number of anilines is 1. The molecule has 0 radical (unpaired) electrons. The van der Waals surface area contributed by atoms with Gasteiger partial charge in [0.15, 0.2) is 0 Å². The zero-order valence-electron chi connectivity index (χ0n) is 19.2. The van der Waals surface area contributed by atoms with Crippen molar-refractivity contribution in [2.45, 2.75) is 18.9 Å². The van der Waals surface area contributed by atoms with E-state index in [1.54, 1.807) is 18.2 Å². The van der Waals surface area contributed by atoms with Crippen LogP contribution in [-0.2, 0) is 6.42 Å². The fourth-order valence-corrected chi connectivity index (χ4v) is 5.18. The molecule has 2 N–H and O–H groups in total. The molecule has 0 bridgehead atoms. The van der Waals surface area contributed by atoms with Crippen LogP contribution in [0.3, 0.4) is 0 Å². The SMILES string of the molecule is Oc1ccc(N2CCc3cc(O)ccc3C2c2ccc(OCCN3CCC(CF)C3)cc2)cc1. The van der Waals surface area contributed by atoms with Crippen LogP contribution in [0.15, 0.2) is 66.7 Å². The first-order valence-corrected chi connectivity index (χ1v) is 12.0. The third kappa shape index (κ3) is 4.82. The normalized spacial score (nSPS) is 20.3. The summed E-state index contributed by atoms with van der Waals surface area (Å²) in [6.07, 6.45) is 1.77. The Bertz CT molecular complexity index is 1100. The fourth-order valence-electron chi connectivity index (χ4n) is 5.18. The highest BCUT2D eigenvalue weighted by molar-refractivity contribution is 5.58. The number of likely N-dealkylation sites (tertiary alicyclic amines) is 1. The van der Waals surface area contributed by atoms with E-state index in [4.69, 9.17) is 4.74 Å². The highest BCUT2D eigenvalue weighted by atomic mass is 19.1. The number of fused-ring (bicyclic) bond motifs is 1. The standard InChI is InChI=1S/C28H31FN2O3/c29-18-20-11-13-30(19-20)15-16-34-26-8-1-21(2-9-26)28-27-10-7-25(33)17-22(27)12-14-31(28)23-3-5-24(32)6-4-23/h1-10,17,20,28,32-33H,11-16,18-19H2. The molecule has 0 aromatic heterocycles. The average Bonchev–Trinajstić information content (AvgIpc) is 3.32. The minimum atomic E-state index is -0.232. The van der Waals surface area contributed by atoms with Gasteiger partial charge in [0.05, 0.1) is 12.7 Å². The van der Waals surface area contributed by atoms with Gasteiger partial charge < -0.3 is 19.8 Å². The van der Waals surface area contributed by atoms with Crippen LogP contribution in [0.5, 0.6) is 17.2 Å². The molecule has 1 fully saturated rings. The molecular formula is C28H31FN2O3. The number of phenolic OH excluding ortho intramolecular Hbond substituents is 2. The van der Waals surface area contributed by atoms with Gasteiger partial charge in [0.25, 0.3) is 0 Å².